The summed E-state index contributed by atoms with van der Waals surface area (Å²) < 4.78 is 2.81. The standard InChI is InChI=1S/C21H26BrN7O/c1-4-9-29-12-15-18(17-14-11-13(22)6-7-16(14)24-20(17)30)25-21(26-19(15)27-29)23-8-5-10-28(2)3/h6-7,11-12,17H,4-5,8-10H2,1-3H3,(H,24,30)(H,23,26,27). The Labute approximate surface area is 184 Å². The summed E-state index contributed by atoms with van der Waals surface area (Å²) in [5.74, 6) is -0.0660. The van der Waals surface area contributed by atoms with Crippen LogP contribution in [0.15, 0.2) is 28.9 Å². The number of aromatic nitrogens is 4. The molecule has 1 amide bonds. The lowest BCUT2D eigenvalue weighted by molar-refractivity contribution is -0.116. The smallest absolute Gasteiger partial charge is 0.238 e. The number of carbonyl (C=O) groups is 1. The van der Waals surface area contributed by atoms with Crippen LogP contribution in [0.2, 0.25) is 0 Å². The number of nitrogens with zero attached hydrogens (tertiary/aromatic N) is 5. The van der Waals surface area contributed by atoms with Crippen molar-refractivity contribution < 1.29 is 4.79 Å². The third-order valence-electron chi connectivity index (χ3n) is 5.09. The first-order valence-electron chi connectivity index (χ1n) is 10.2. The maximum Gasteiger partial charge on any atom is 0.238 e. The molecule has 1 aliphatic heterocycles. The molecule has 2 aromatic heterocycles. The molecule has 0 spiro atoms. The van der Waals surface area contributed by atoms with E-state index in [1.807, 2.05) is 29.1 Å². The van der Waals surface area contributed by atoms with Gasteiger partial charge in [0, 0.05) is 29.4 Å². The van der Waals surface area contributed by atoms with E-state index >= 15 is 0 Å². The molecule has 2 N–H and O–H groups in total. The number of rotatable bonds is 8. The Balaban J connectivity index is 1.75. The lowest BCUT2D eigenvalue weighted by Gasteiger charge is -2.13. The number of carbonyl (C=O) groups excluding carboxylic acids is 1. The van der Waals surface area contributed by atoms with Gasteiger partial charge in [-0.1, -0.05) is 22.9 Å². The number of benzene rings is 1. The molecule has 158 valence electrons. The fraction of sp³-hybridized carbons (Fsp3) is 0.429. The first-order chi connectivity index (χ1) is 14.5. The van der Waals surface area contributed by atoms with Gasteiger partial charge < -0.3 is 15.5 Å². The number of fused-ring (bicyclic) bond motifs is 2. The third-order valence-corrected chi connectivity index (χ3v) is 5.59. The predicted molar refractivity (Wildman–Crippen MR) is 122 cm³/mol. The monoisotopic (exact) mass is 471 g/mol. The molecule has 3 aromatic rings. The zero-order chi connectivity index (χ0) is 21.3. The highest BCUT2D eigenvalue weighted by molar-refractivity contribution is 9.10. The Morgan fingerprint density at radius 2 is 2.13 bits per heavy atom. The minimum absolute atomic E-state index is 0.0788. The fourth-order valence-corrected chi connectivity index (χ4v) is 4.09. The van der Waals surface area contributed by atoms with Crippen LogP contribution in [0.4, 0.5) is 11.6 Å². The van der Waals surface area contributed by atoms with Crippen LogP contribution >= 0.6 is 15.9 Å². The molecule has 4 rings (SSSR count). The second-order valence-corrected chi connectivity index (χ2v) is 8.72. The number of hydrogen-bond donors (Lipinski definition) is 2. The normalized spacial score (nSPS) is 15.6. The summed E-state index contributed by atoms with van der Waals surface area (Å²) in [6, 6.07) is 5.82. The molecule has 0 bridgehead atoms. The van der Waals surface area contributed by atoms with E-state index < -0.39 is 5.92 Å². The first kappa shape index (κ1) is 20.7. The van der Waals surface area contributed by atoms with Crippen molar-refractivity contribution in [2.24, 2.45) is 0 Å². The summed E-state index contributed by atoms with van der Waals surface area (Å²) in [5, 5.41) is 11.7. The number of halogens is 1. The van der Waals surface area contributed by atoms with E-state index in [2.05, 4.69) is 62.6 Å². The average Bonchev–Trinajstić information content (AvgIpc) is 3.24. The van der Waals surface area contributed by atoms with Crippen LogP contribution < -0.4 is 10.6 Å². The maximum absolute atomic E-state index is 12.9. The molecule has 0 fully saturated rings. The van der Waals surface area contributed by atoms with Crippen LogP contribution in [0.25, 0.3) is 11.0 Å². The summed E-state index contributed by atoms with van der Waals surface area (Å²) in [7, 11) is 4.10. The minimum atomic E-state index is -0.496. The van der Waals surface area contributed by atoms with E-state index in [0.29, 0.717) is 17.3 Å². The van der Waals surface area contributed by atoms with Crippen LogP contribution in [0.3, 0.4) is 0 Å². The summed E-state index contributed by atoms with van der Waals surface area (Å²) in [6.07, 6.45) is 3.88. The first-order valence-corrected chi connectivity index (χ1v) is 11.0. The number of anilines is 2. The van der Waals surface area contributed by atoms with E-state index in [-0.39, 0.29) is 5.91 Å². The third kappa shape index (κ3) is 4.17. The minimum Gasteiger partial charge on any atom is -0.354 e. The van der Waals surface area contributed by atoms with Crippen molar-refractivity contribution in [3.05, 3.63) is 40.1 Å². The van der Waals surface area contributed by atoms with E-state index in [0.717, 1.165) is 53.6 Å². The lowest BCUT2D eigenvalue weighted by atomic mass is 9.95. The summed E-state index contributed by atoms with van der Waals surface area (Å²) in [5.41, 5.74) is 3.03. The van der Waals surface area contributed by atoms with Gasteiger partial charge in [0.15, 0.2) is 5.65 Å². The zero-order valence-corrected chi connectivity index (χ0v) is 19.0. The molecule has 1 atom stereocenters. The molecular formula is C21H26BrN7O. The molecule has 3 heterocycles. The number of nitrogens with one attached hydrogen (secondary N) is 2. The van der Waals surface area contributed by atoms with Gasteiger partial charge in [-0.3, -0.25) is 9.48 Å². The Kier molecular flexibility index (Phi) is 6.01. The van der Waals surface area contributed by atoms with E-state index in [1.165, 1.54) is 0 Å². The molecule has 30 heavy (non-hydrogen) atoms. The molecule has 0 radical (unpaired) electrons. The van der Waals surface area contributed by atoms with Gasteiger partial charge in [0.2, 0.25) is 11.9 Å². The summed E-state index contributed by atoms with van der Waals surface area (Å²) in [6.45, 7) is 4.62. The number of amides is 1. The second-order valence-electron chi connectivity index (χ2n) is 7.80. The van der Waals surface area contributed by atoms with E-state index in [1.54, 1.807) is 0 Å². The van der Waals surface area contributed by atoms with Gasteiger partial charge in [-0.25, -0.2) is 4.98 Å². The Bertz CT molecular complexity index is 1080. The molecule has 9 heteroatoms. The fourth-order valence-electron chi connectivity index (χ4n) is 3.72. The van der Waals surface area contributed by atoms with Crippen molar-refractivity contribution >= 4 is 44.5 Å². The maximum atomic E-state index is 12.9. The lowest BCUT2D eigenvalue weighted by Crippen LogP contribution is -2.18. The molecule has 8 nitrogen and oxygen atoms in total. The van der Waals surface area contributed by atoms with E-state index in [4.69, 9.17) is 4.98 Å². The Hall–Kier alpha value is -2.52. The van der Waals surface area contributed by atoms with Gasteiger partial charge in [-0.05, 0) is 57.2 Å². The van der Waals surface area contributed by atoms with Crippen LogP contribution in [0, 0.1) is 0 Å². The van der Waals surface area contributed by atoms with Crippen molar-refractivity contribution in [2.45, 2.75) is 32.2 Å². The van der Waals surface area contributed by atoms with Gasteiger partial charge in [-0.2, -0.15) is 10.1 Å². The van der Waals surface area contributed by atoms with Gasteiger partial charge in [-0.15, -0.1) is 0 Å². The second kappa shape index (κ2) is 8.69. The largest absolute Gasteiger partial charge is 0.354 e. The van der Waals surface area contributed by atoms with Crippen molar-refractivity contribution in [2.75, 3.05) is 37.8 Å². The van der Waals surface area contributed by atoms with Gasteiger partial charge in [0.1, 0.15) is 5.92 Å². The Morgan fingerprint density at radius 1 is 1.30 bits per heavy atom. The van der Waals surface area contributed by atoms with E-state index in [9.17, 15) is 4.79 Å². The molecular weight excluding hydrogens is 446 g/mol. The number of aryl methyl sites for hydroxylation is 1. The van der Waals surface area contributed by atoms with Crippen LogP contribution in [0.1, 0.15) is 36.9 Å². The predicted octanol–water partition coefficient (Wildman–Crippen LogP) is 3.45. The molecule has 0 saturated carbocycles. The van der Waals surface area contributed by atoms with Crippen molar-refractivity contribution in [3.8, 4) is 0 Å². The SMILES string of the molecule is CCCn1cc2c(C3C(=O)Nc4ccc(Br)cc43)nc(NCCCN(C)C)nc2n1. The van der Waals surface area contributed by atoms with Crippen LogP contribution in [-0.2, 0) is 11.3 Å². The van der Waals surface area contributed by atoms with Crippen LogP contribution in [-0.4, -0.2) is 57.7 Å². The van der Waals surface area contributed by atoms with Gasteiger partial charge >= 0.3 is 0 Å². The highest BCUT2D eigenvalue weighted by Crippen LogP contribution is 2.40. The molecule has 0 aliphatic carbocycles. The molecule has 1 aromatic carbocycles. The van der Waals surface area contributed by atoms with Crippen molar-refractivity contribution in [3.63, 3.8) is 0 Å². The summed E-state index contributed by atoms with van der Waals surface area (Å²) >= 11 is 3.52. The molecule has 1 unspecified atom stereocenters. The topological polar surface area (TPSA) is 88.0 Å². The Morgan fingerprint density at radius 3 is 2.90 bits per heavy atom. The van der Waals surface area contributed by atoms with Crippen molar-refractivity contribution in [1.82, 2.24) is 24.6 Å². The molecule has 1 aliphatic rings. The highest BCUT2D eigenvalue weighted by atomic mass is 79.9. The van der Waals surface area contributed by atoms with Crippen LogP contribution in [0.5, 0.6) is 0 Å². The number of hydrogen-bond acceptors (Lipinski definition) is 6. The summed E-state index contributed by atoms with van der Waals surface area (Å²) in [4.78, 5) is 24.5. The van der Waals surface area contributed by atoms with Gasteiger partial charge in [0.05, 0.1) is 11.1 Å². The van der Waals surface area contributed by atoms with Gasteiger partial charge in [0.25, 0.3) is 0 Å². The zero-order valence-electron chi connectivity index (χ0n) is 17.4. The quantitative estimate of drug-likeness (QED) is 0.489. The highest BCUT2D eigenvalue weighted by Gasteiger charge is 2.35. The average molecular weight is 472 g/mol. The van der Waals surface area contributed by atoms with Crippen molar-refractivity contribution in [1.29, 1.82) is 0 Å². The molecule has 0 saturated heterocycles.